The molecule has 0 radical (unpaired) electrons. The van der Waals surface area contributed by atoms with Crippen LogP contribution < -0.4 is 21.3 Å². The van der Waals surface area contributed by atoms with Crippen molar-refractivity contribution in [2.45, 2.75) is 57.1 Å². The quantitative estimate of drug-likeness (QED) is 0.332. The summed E-state index contributed by atoms with van der Waals surface area (Å²) in [5, 5.41) is 26.1. The number of nitrogens with one attached hydrogen (secondary N) is 4. The van der Waals surface area contributed by atoms with Crippen LogP contribution in [0.4, 0.5) is 16.8 Å². The molecule has 1 aliphatic heterocycles. The van der Waals surface area contributed by atoms with E-state index < -0.39 is 5.60 Å². The van der Waals surface area contributed by atoms with Crippen molar-refractivity contribution in [3.63, 3.8) is 0 Å². The van der Waals surface area contributed by atoms with Crippen molar-refractivity contribution in [3.8, 4) is 0 Å². The van der Waals surface area contributed by atoms with Gasteiger partial charge in [0.15, 0.2) is 0 Å². The Kier molecular flexibility index (Phi) is 6.96. The number of aromatic nitrogens is 3. The van der Waals surface area contributed by atoms with Gasteiger partial charge in [-0.15, -0.1) is 11.3 Å². The van der Waals surface area contributed by atoms with E-state index in [0.717, 1.165) is 72.7 Å². The Bertz CT molecular complexity index is 1130. The van der Waals surface area contributed by atoms with E-state index in [1.165, 1.54) is 11.5 Å². The lowest BCUT2D eigenvalue weighted by molar-refractivity contribution is 0.0196. The Labute approximate surface area is 207 Å². The molecule has 182 valence electrons. The normalized spacial score (nSPS) is 23.6. The molecule has 0 unspecified atom stereocenters. The van der Waals surface area contributed by atoms with E-state index in [1.807, 2.05) is 18.4 Å². The van der Waals surface area contributed by atoms with Gasteiger partial charge in [-0.2, -0.15) is 9.36 Å². The van der Waals surface area contributed by atoms with Gasteiger partial charge >= 0.3 is 0 Å². The molecule has 1 aliphatic carbocycles. The van der Waals surface area contributed by atoms with E-state index in [2.05, 4.69) is 30.6 Å². The van der Waals surface area contributed by atoms with Gasteiger partial charge < -0.3 is 26.4 Å². The third kappa shape index (κ3) is 5.65. The molecule has 3 aromatic heterocycles. The molecule has 11 heteroatoms. The van der Waals surface area contributed by atoms with Gasteiger partial charge in [-0.05, 0) is 87.4 Å². The summed E-state index contributed by atoms with van der Waals surface area (Å²) in [5.41, 5.74) is 0.710. The topological polar surface area (TPSA) is 124 Å². The molecule has 1 saturated heterocycles. The maximum absolute atomic E-state index is 12.5. The van der Waals surface area contributed by atoms with Crippen LogP contribution in [0.15, 0.2) is 17.5 Å². The van der Waals surface area contributed by atoms with Crippen molar-refractivity contribution in [1.82, 2.24) is 25.0 Å². The highest BCUT2D eigenvalue weighted by molar-refractivity contribution is 7.17. The summed E-state index contributed by atoms with van der Waals surface area (Å²) in [4.78, 5) is 21.9. The van der Waals surface area contributed by atoms with Crippen LogP contribution in [0.2, 0.25) is 0 Å². The van der Waals surface area contributed by atoms with Gasteiger partial charge in [0.05, 0.1) is 15.8 Å². The Morgan fingerprint density at radius 1 is 1.24 bits per heavy atom. The summed E-state index contributed by atoms with van der Waals surface area (Å²) in [7, 11) is 0. The highest BCUT2D eigenvalue weighted by Crippen LogP contribution is 2.33. The van der Waals surface area contributed by atoms with Crippen LogP contribution in [-0.4, -0.2) is 56.6 Å². The molecule has 3 aromatic rings. The lowest BCUT2D eigenvalue weighted by Crippen LogP contribution is -2.36. The second-order valence-electron chi connectivity index (χ2n) is 9.55. The number of fused-ring (bicyclic) bond motifs is 1. The number of nitrogens with zero attached hydrogens (tertiary/aromatic N) is 3. The Hall–Kier alpha value is -2.34. The van der Waals surface area contributed by atoms with Crippen molar-refractivity contribution in [1.29, 1.82) is 0 Å². The average molecular weight is 502 g/mol. The molecule has 5 rings (SSSR count). The third-order valence-corrected chi connectivity index (χ3v) is 8.31. The lowest BCUT2D eigenvalue weighted by atomic mass is 9.84. The number of rotatable bonds is 7. The number of piperidine rings is 1. The predicted octanol–water partition coefficient (Wildman–Crippen LogP) is 3.73. The number of thiophene rings is 1. The molecule has 1 saturated carbocycles. The minimum absolute atomic E-state index is 0.146. The smallest absolute Gasteiger partial charge is 0.271 e. The maximum Gasteiger partial charge on any atom is 0.271 e. The third-order valence-electron chi connectivity index (χ3n) is 6.69. The van der Waals surface area contributed by atoms with Crippen LogP contribution in [0.3, 0.4) is 0 Å². The van der Waals surface area contributed by atoms with Crippen molar-refractivity contribution >= 4 is 55.8 Å². The van der Waals surface area contributed by atoms with Crippen LogP contribution in [0, 0.1) is 5.92 Å². The second-order valence-corrected chi connectivity index (χ2v) is 11.3. The molecule has 5 N–H and O–H groups in total. The first-order valence-electron chi connectivity index (χ1n) is 11.9. The minimum Gasteiger partial charge on any atom is -0.390 e. The Morgan fingerprint density at radius 3 is 2.82 bits per heavy atom. The summed E-state index contributed by atoms with van der Waals surface area (Å²) in [5.74, 6) is 1.65. The first kappa shape index (κ1) is 23.4. The number of anilines is 3. The van der Waals surface area contributed by atoms with Crippen LogP contribution in [-0.2, 0) is 0 Å². The summed E-state index contributed by atoms with van der Waals surface area (Å²) in [6.45, 7) is 4.62. The van der Waals surface area contributed by atoms with Gasteiger partial charge in [-0.25, -0.2) is 4.98 Å². The highest BCUT2D eigenvalue weighted by Gasteiger charge is 2.29. The van der Waals surface area contributed by atoms with E-state index in [1.54, 1.807) is 17.4 Å². The van der Waals surface area contributed by atoms with Crippen LogP contribution >= 0.6 is 22.9 Å². The van der Waals surface area contributed by atoms with Crippen LogP contribution in [0.5, 0.6) is 0 Å². The van der Waals surface area contributed by atoms with E-state index in [9.17, 15) is 9.90 Å². The standard InChI is InChI=1S/C23H31N7O2S2/c1-23(32)7-2-15(3-8-23)26-20-19-16(6-11-33-19)27-22(29-20)28-18-12-17(30-34-18)21(31)25-13-14-4-9-24-10-5-14/h6,11-12,14-15,24,32H,2-5,7-10,13H2,1H3,(H,25,31)(H2,26,27,28,29). The van der Waals surface area contributed by atoms with Crippen molar-refractivity contribution < 1.29 is 9.90 Å². The van der Waals surface area contributed by atoms with E-state index in [4.69, 9.17) is 4.98 Å². The van der Waals surface area contributed by atoms with Gasteiger partial charge in [0.2, 0.25) is 5.95 Å². The molecule has 4 heterocycles. The summed E-state index contributed by atoms with van der Waals surface area (Å²) < 4.78 is 5.34. The molecular formula is C23H31N7O2S2. The number of hydrogen-bond donors (Lipinski definition) is 5. The maximum atomic E-state index is 12.5. The fourth-order valence-corrected chi connectivity index (χ4v) is 5.98. The first-order valence-corrected chi connectivity index (χ1v) is 13.6. The van der Waals surface area contributed by atoms with Crippen LogP contribution in [0.1, 0.15) is 55.9 Å². The SMILES string of the molecule is CC1(O)CCC(Nc2nc(Nc3cc(C(=O)NCC4CCNCC4)ns3)nc3ccsc23)CC1. The Morgan fingerprint density at radius 2 is 2.03 bits per heavy atom. The van der Waals surface area contributed by atoms with E-state index in [0.29, 0.717) is 24.1 Å². The predicted molar refractivity (Wildman–Crippen MR) is 137 cm³/mol. The monoisotopic (exact) mass is 501 g/mol. The lowest BCUT2D eigenvalue weighted by Gasteiger charge is -2.33. The van der Waals surface area contributed by atoms with E-state index >= 15 is 0 Å². The molecule has 0 bridgehead atoms. The van der Waals surface area contributed by atoms with Crippen molar-refractivity contribution in [2.24, 2.45) is 5.92 Å². The zero-order valence-corrected chi connectivity index (χ0v) is 20.9. The average Bonchev–Trinajstić information content (AvgIpc) is 3.49. The molecule has 0 aromatic carbocycles. The molecular weight excluding hydrogens is 470 g/mol. The number of hydrogen-bond acceptors (Lipinski definition) is 10. The largest absolute Gasteiger partial charge is 0.390 e. The van der Waals surface area contributed by atoms with Crippen molar-refractivity contribution in [3.05, 3.63) is 23.2 Å². The molecule has 0 spiro atoms. The van der Waals surface area contributed by atoms with Gasteiger partial charge in [-0.1, -0.05) is 0 Å². The highest BCUT2D eigenvalue weighted by atomic mass is 32.1. The van der Waals surface area contributed by atoms with Crippen molar-refractivity contribution in [2.75, 3.05) is 30.3 Å². The fraction of sp³-hybridized carbons (Fsp3) is 0.565. The number of amides is 1. The van der Waals surface area contributed by atoms with Gasteiger partial charge in [0.1, 0.15) is 16.5 Å². The van der Waals surface area contributed by atoms with Crippen LogP contribution in [0.25, 0.3) is 10.2 Å². The Balaban J connectivity index is 1.24. The summed E-state index contributed by atoms with van der Waals surface area (Å²) in [6, 6.07) is 4.00. The minimum atomic E-state index is -0.571. The molecule has 2 aliphatic rings. The zero-order chi connectivity index (χ0) is 23.5. The zero-order valence-electron chi connectivity index (χ0n) is 19.3. The van der Waals surface area contributed by atoms with Gasteiger partial charge in [0.25, 0.3) is 5.91 Å². The molecule has 9 nitrogen and oxygen atoms in total. The fourth-order valence-electron chi connectivity index (χ4n) is 4.56. The van der Waals surface area contributed by atoms with Gasteiger partial charge in [-0.3, -0.25) is 4.79 Å². The molecule has 2 fully saturated rings. The number of aliphatic hydroxyl groups is 1. The van der Waals surface area contributed by atoms with Gasteiger partial charge in [0, 0.05) is 18.7 Å². The molecule has 34 heavy (non-hydrogen) atoms. The number of carbonyl (C=O) groups excluding carboxylic acids is 1. The first-order chi connectivity index (χ1) is 16.4. The number of carbonyl (C=O) groups is 1. The molecule has 1 amide bonds. The molecule has 0 atom stereocenters. The second kappa shape index (κ2) is 10.1. The summed E-state index contributed by atoms with van der Waals surface area (Å²) >= 11 is 2.84. The van der Waals surface area contributed by atoms with E-state index in [-0.39, 0.29) is 11.9 Å². The summed E-state index contributed by atoms with van der Waals surface area (Å²) in [6.07, 6.45) is 5.52.